The van der Waals surface area contributed by atoms with Crippen LogP contribution in [0.5, 0.6) is 0 Å². The van der Waals surface area contributed by atoms with Gasteiger partial charge in [-0.25, -0.2) is 9.37 Å². The summed E-state index contributed by atoms with van der Waals surface area (Å²) in [6.07, 6.45) is 1.50. The van der Waals surface area contributed by atoms with Gasteiger partial charge in [0.05, 0.1) is 11.0 Å². The molecule has 0 spiro atoms. The highest BCUT2D eigenvalue weighted by Gasteiger charge is 2.20. The number of aryl methyl sites for hydroxylation is 1. The Balaban J connectivity index is 2.30. The van der Waals surface area contributed by atoms with E-state index in [1.165, 1.54) is 18.3 Å². The molecular formula is C14H14FN3O2. The van der Waals surface area contributed by atoms with E-state index < -0.39 is 4.92 Å². The Bertz CT molecular complexity index is 646. The number of nitrogens with zero attached hydrogens (tertiary/aromatic N) is 2. The van der Waals surface area contributed by atoms with Gasteiger partial charge in [-0.15, -0.1) is 0 Å². The molecule has 1 aromatic carbocycles. The van der Waals surface area contributed by atoms with Gasteiger partial charge >= 0.3 is 5.69 Å². The van der Waals surface area contributed by atoms with E-state index in [0.717, 1.165) is 0 Å². The van der Waals surface area contributed by atoms with Crippen molar-refractivity contribution in [2.75, 3.05) is 5.32 Å². The van der Waals surface area contributed by atoms with Crippen LogP contribution in [0, 0.1) is 22.9 Å². The van der Waals surface area contributed by atoms with Gasteiger partial charge in [0.2, 0.25) is 5.82 Å². The van der Waals surface area contributed by atoms with E-state index in [1.807, 2.05) is 0 Å². The third-order valence-electron chi connectivity index (χ3n) is 3.01. The molecule has 0 amide bonds. The van der Waals surface area contributed by atoms with Crippen molar-refractivity contribution in [1.82, 2.24) is 4.98 Å². The van der Waals surface area contributed by atoms with Crippen molar-refractivity contribution in [3.05, 3.63) is 63.6 Å². The summed E-state index contributed by atoms with van der Waals surface area (Å²) < 4.78 is 13.2. The second kappa shape index (κ2) is 5.64. The van der Waals surface area contributed by atoms with Crippen molar-refractivity contribution in [1.29, 1.82) is 0 Å². The summed E-state index contributed by atoms with van der Waals surface area (Å²) in [6.45, 7) is 3.44. The maximum absolute atomic E-state index is 13.2. The molecular weight excluding hydrogens is 261 g/mol. The maximum atomic E-state index is 13.2. The van der Waals surface area contributed by atoms with Gasteiger partial charge in [0.25, 0.3) is 0 Å². The first-order valence-electron chi connectivity index (χ1n) is 6.11. The van der Waals surface area contributed by atoms with Gasteiger partial charge < -0.3 is 5.32 Å². The van der Waals surface area contributed by atoms with E-state index in [1.54, 1.807) is 32.0 Å². The minimum atomic E-state index is -0.469. The van der Waals surface area contributed by atoms with Crippen LogP contribution >= 0.6 is 0 Å². The second-order valence-corrected chi connectivity index (χ2v) is 4.50. The molecule has 20 heavy (non-hydrogen) atoms. The first-order chi connectivity index (χ1) is 9.49. The minimum absolute atomic E-state index is 0.0595. The van der Waals surface area contributed by atoms with Crippen LogP contribution < -0.4 is 5.32 Å². The number of pyridine rings is 1. The van der Waals surface area contributed by atoms with Crippen LogP contribution in [0.4, 0.5) is 15.9 Å². The van der Waals surface area contributed by atoms with Crippen LogP contribution in [-0.4, -0.2) is 9.91 Å². The van der Waals surface area contributed by atoms with Crippen molar-refractivity contribution in [2.45, 2.75) is 19.9 Å². The average molecular weight is 275 g/mol. The molecule has 0 bridgehead atoms. The van der Waals surface area contributed by atoms with Crippen molar-refractivity contribution >= 4 is 11.5 Å². The van der Waals surface area contributed by atoms with E-state index in [-0.39, 0.29) is 23.4 Å². The summed E-state index contributed by atoms with van der Waals surface area (Å²) in [7, 11) is 0. The molecule has 5 nitrogen and oxygen atoms in total. The average Bonchev–Trinajstić information content (AvgIpc) is 2.38. The van der Waals surface area contributed by atoms with Crippen LogP contribution in [0.25, 0.3) is 0 Å². The molecule has 104 valence electrons. The molecule has 1 unspecified atom stereocenters. The highest BCUT2D eigenvalue weighted by atomic mass is 19.1. The fraction of sp³-hybridized carbons (Fsp3) is 0.214. The monoisotopic (exact) mass is 275 g/mol. The molecule has 0 aliphatic rings. The fourth-order valence-corrected chi connectivity index (χ4v) is 1.95. The van der Waals surface area contributed by atoms with Crippen molar-refractivity contribution in [2.24, 2.45) is 0 Å². The summed E-state index contributed by atoms with van der Waals surface area (Å²) in [5.74, 6) is -0.158. The first-order valence-corrected chi connectivity index (χ1v) is 6.11. The highest BCUT2D eigenvalue weighted by molar-refractivity contribution is 5.60. The van der Waals surface area contributed by atoms with Gasteiger partial charge in [-0.2, -0.15) is 0 Å². The predicted molar refractivity (Wildman–Crippen MR) is 74.1 cm³/mol. The maximum Gasteiger partial charge on any atom is 0.314 e. The molecule has 0 aliphatic heterocycles. The van der Waals surface area contributed by atoms with Gasteiger partial charge in [-0.05, 0) is 37.6 Å². The number of hydrogen-bond donors (Lipinski definition) is 1. The largest absolute Gasteiger partial charge is 0.358 e. The molecule has 1 atom stereocenters. The van der Waals surface area contributed by atoms with Gasteiger partial charge in [-0.1, -0.05) is 12.1 Å². The molecule has 0 saturated heterocycles. The zero-order chi connectivity index (χ0) is 14.7. The summed E-state index contributed by atoms with van der Waals surface area (Å²) >= 11 is 0. The van der Waals surface area contributed by atoms with E-state index in [4.69, 9.17) is 0 Å². The highest BCUT2D eigenvalue weighted by Crippen LogP contribution is 2.28. The van der Waals surface area contributed by atoms with Gasteiger partial charge in [0.1, 0.15) is 5.82 Å². The quantitative estimate of drug-likeness (QED) is 0.683. The standard InChI is InChI=1S/C14H14FN3O2/c1-9-6-7-16-14(13(9)18(19)20)17-10(2)11-4-3-5-12(15)8-11/h3-8,10H,1-2H3,(H,16,17). The zero-order valence-corrected chi connectivity index (χ0v) is 11.1. The Hall–Kier alpha value is -2.50. The van der Waals surface area contributed by atoms with Crippen LogP contribution in [-0.2, 0) is 0 Å². The summed E-state index contributed by atoms with van der Waals surface area (Å²) in [4.78, 5) is 14.6. The number of rotatable bonds is 4. The summed E-state index contributed by atoms with van der Waals surface area (Å²) in [5, 5.41) is 14.0. The third-order valence-corrected chi connectivity index (χ3v) is 3.01. The lowest BCUT2D eigenvalue weighted by atomic mass is 10.1. The Morgan fingerprint density at radius 3 is 2.80 bits per heavy atom. The Morgan fingerprint density at radius 1 is 1.40 bits per heavy atom. The number of aromatic nitrogens is 1. The Kier molecular flexibility index (Phi) is 3.93. The predicted octanol–water partition coefficient (Wildman–Crippen LogP) is 3.61. The number of anilines is 1. The number of halogens is 1. The molecule has 2 rings (SSSR count). The lowest BCUT2D eigenvalue weighted by Gasteiger charge is -2.15. The van der Waals surface area contributed by atoms with E-state index in [9.17, 15) is 14.5 Å². The molecule has 1 aromatic heterocycles. The molecule has 0 radical (unpaired) electrons. The summed E-state index contributed by atoms with van der Waals surface area (Å²) in [6, 6.07) is 7.38. The number of nitrogens with one attached hydrogen (secondary N) is 1. The molecule has 0 fully saturated rings. The van der Waals surface area contributed by atoms with E-state index >= 15 is 0 Å². The summed E-state index contributed by atoms with van der Waals surface area (Å²) in [5.41, 5.74) is 1.16. The molecule has 0 saturated carbocycles. The Labute approximate surface area is 115 Å². The van der Waals surface area contributed by atoms with Crippen LogP contribution in [0.3, 0.4) is 0 Å². The molecule has 1 heterocycles. The molecule has 2 aromatic rings. The number of nitro groups is 1. The van der Waals surface area contributed by atoms with Crippen molar-refractivity contribution in [3.8, 4) is 0 Å². The fourth-order valence-electron chi connectivity index (χ4n) is 1.95. The minimum Gasteiger partial charge on any atom is -0.358 e. The SMILES string of the molecule is Cc1ccnc(NC(C)c2cccc(F)c2)c1[N+](=O)[O-]. The number of benzene rings is 1. The zero-order valence-electron chi connectivity index (χ0n) is 11.1. The van der Waals surface area contributed by atoms with Crippen LogP contribution in [0.1, 0.15) is 24.1 Å². The van der Waals surface area contributed by atoms with Crippen LogP contribution in [0.2, 0.25) is 0 Å². The van der Waals surface area contributed by atoms with Crippen molar-refractivity contribution < 1.29 is 9.31 Å². The molecule has 6 heteroatoms. The van der Waals surface area contributed by atoms with Crippen LogP contribution in [0.15, 0.2) is 36.5 Å². The van der Waals surface area contributed by atoms with Gasteiger partial charge in [0.15, 0.2) is 0 Å². The van der Waals surface area contributed by atoms with E-state index in [0.29, 0.717) is 11.1 Å². The van der Waals surface area contributed by atoms with E-state index in [2.05, 4.69) is 10.3 Å². The Morgan fingerprint density at radius 2 is 2.15 bits per heavy atom. The normalized spacial score (nSPS) is 11.9. The lowest BCUT2D eigenvalue weighted by molar-refractivity contribution is -0.384. The molecule has 0 aliphatic carbocycles. The number of hydrogen-bond acceptors (Lipinski definition) is 4. The smallest absolute Gasteiger partial charge is 0.314 e. The lowest BCUT2D eigenvalue weighted by Crippen LogP contribution is -2.10. The third kappa shape index (κ3) is 2.90. The van der Waals surface area contributed by atoms with Gasteiger partial charge in [-0.3, -0.25) is 10.1 Å². The van der Waals surface area contributed by atoms with Crippen molar-refractivity contribution in [3.63, 3.8) is 0 Å². The molecule has 1 N–H and O–H groups in total. The first kappa shape index (κ1) is 13.9. The second-order valence-electron chi connectivity index (χ2n) is 4.50. The topological polar surface area (TPSA) is 68.1 Å². The van der Waals surface area contributed by atoms with Gasteiger partial charge in [0, 0.05) is 11.8 Å².